The Bertz CT molecular complexity index is 738. The van der Waals surface area contributed by atoms with E-state index in [4.69, 9.17) is 11.6 Å². The number of nitrogens with one attached hydrogen (secondary N) is 1. The van der Waals surface area contributed by atoms with Crippen LogP contribution in [0.15, 0.2) is 36.5 Å². The van der Waals surface area contributed by atoms with Crippen molar-refractivity contribution in [2.45, 2.75) is 31.4 Å². The Morgan fingerprint density at radius 1 is 1.39 bits per heavy atom. The number of aliphatic hydroxyl groups excluding tert-OH is 1. The number of halogens is 2. The van der Waals surface area contributed by atoms with Crippen LogP contribution < -0.4 is 5.32 Å². The minimum absolute atomic E-state index is 0.0937. The van der Waals surface area contributed by atoms with Crippen molar-refractivity contribution in [3.63, 3.8) is 0 Å². The third-order valence-electron chi connectivity index (χ3n) is 4.08. The predicted octanol–water partition coefficient (Wildman–Crippen LogP) is 3.10. The van der Waals surface area contributed by atoms with Crippen LogP contribution in [-0.2, 0) is 11.3 Å². The number of hydrogen-bond acceptors (Lipinski definition) is 3. The van der Waals surface area contributed by atoms with Gasteiger partial charge in [-0.05, 0) is 36.6 Å². The van der Waals surface area contributed by atoms with E-state index in [0.29, 0.717) is 29.1 Å². The third kappa shape index (κ3) is 3.35. The number of hydrogen-bond donors (Lipinski definition) is 2. The van der Waals surface area contributed by atoms with Gasteiger partial charge in [0.1, 0.15) is 5.82 Å². The molecular formula is C17H16ClFN2O2. The lowest BCUT2D eigenvalue weighted by Crippen LogP contribution is -2.32. The zero-order valence-corrected chi connectivity index (χ0v) is 13.1. The number of carbonyl (C=O) groups is 1. The largest absolute Gasteiger partial charge is 0.387 e. The van der Waals surface area contributed by atoms with E-state index in [-0.39, 0.29) is 18.4 Å². The lowest BCUT2D eigenvalue weighted by molar-refractivity contribution is -0.123. The van der Waals surface area contributed by atoms with Crippen LogP contribution in [0.5, 0.6) is 0 Å². The van der Waals surface area contributed by atoms with Gasteiger partial charge in [0, 0.05) is 23.3 Å². The van der Waals surface area contributed by atoms with E-state index in [1.807, 2.05) is 0 Å². The minimum atomic E-state index is -0.635. The molecular weight excluding hydrogens is 319 g/mol. The first-order valence-electron chi connectivity index (χ1n) is 7.41. The van der Waals surface area contributed by atoms with Crippen LogP contribution in [-0.4, -0.2) is 16.0 Å². The van der Waals surface area contributed by atoms with E-state index in [2.05, 4.69) is 10.3 Å². The molecule has 2 atom stereocenters. The van der Waals surface area contributed by atoms with Gasteiger partial charge in [-0.2, -0.15) is 0 Å². The first kappa shape index (κ1) is 15.9. The Labute approximate surface area is 138 Å². The first-order chi connectivity index (χ1) is 11.1. The monoisotopic (exact) mass is 334 g/mol. The molecule has 1 aromatic heterocycles. The van der Waals surface area contributed by atoms with Gasteiger partial charge in [0.05, 0.1) is 17.7 Å². The molecule has 0 aliphatic heterocycles. The van der Waals surface area contributed by atoms with Crippen LogP contribution in [0, 0.1) is 5.82 Å². The smallest absolute Gasteiger partial charge is 0.227 e. The number of benzene rings is 1. The number of aromatic nitrogens is 1. The molecule has 0 spiro atoms. The Kier molecular flexibility index (Phi) is 4.59. The molecule has 0 saturated heterocycles. The summed E-state index contributed by atoms with van der Waals surface area (Å²) in [6, 6.07) is 7.91. The summed E-state index contributed by atoms with van der Waals surface area (Å²) in [5.41, 5.74) is 1.67. The van der Waals surface area contributed by atoms with Crippen molar-refractivity contribution in [2.75, 3.05) is 0 Å². The van der Waals surface area contributed by atoms with Gasteiger partial charge >= 0.3 is 0 Å². The van der Waals surface area contributed by atoms with Gasteiger partial charge in [0.2, 0.25) is 5.91 Å². The van der Waals surface area contributed by atoms with E-state index in [9.17, 15) is 14.3 Å². The zero-order chi connectivity index (χ0) is 16.4. The maximum Gasteiger partial charge on any atom is 0.227 e. The fourth-order valence-electron chi connectivity index (χ4n) is 2.86. The molecule has 1 aromatic carbocycles. The van der Waals surface area contributed by atoms with Crippen molar-refractivity contribution in [2.24, 2.45) is 0 Å². The second-order valence-corrected chi connectivity index (χ2v) is 6.01. The standard InChI is InChI=1S/C17H16ClFN2O2/c18-11-4-3-10(14(19)8-11)9-21-17(23)13-5-6-15(22)16-12(13)2-1-7-20-16/h1-4,7-8,13,15,22H,5-6,9H2,(H,21,23)/t13-,15+/m0/s1. The molecule has 0 fully saturated rings. The molecule has 0 unspecified atom stereocenters. The van der Waals surface area contributed by atoms with E-state index in [1.165, 1.54) is 6.07 Å². The van der Waals surface area contributed by atoms with Gasteiger partial charge in [-0.3, -0.25) is 9.78 Å². The summed E-state index contributed by atoms with van der Waals surface area (Å²) in [4.78, 5) is 16.6. The molecule has 6 heteroatoms. The van der Waals surface area contributed by atoms with E-state index in [0.717, 1.165) is 5.56 Å². The molecule has 1 aliphatic carbocycles. The number of aliphatic hydroxyl groups is 1. The van der Waals surface area contributed by atoms with Gasteiger partial charge in [0.15, 0.2) is 0 Å². The fraction of sp³-hybridized carbons (Fsp3) is 0.294. The molecule has 0 bridgehead atoms. The van der Waals surface area contributed by atoms with E-state index < -0.39 is 11.9 Å². The molecule has 0 radical (unpaired) electrons. The van der Waals surface area contributed by atoms with Crippen molar-refractivity contribution < 1.29 is 14.3 Å². The number of fused-ring (bicyclic) bond motifs is 1. The van der Waals surface area contributed by atoms with Gasteiger partial charge in [0.25, 0.3) is 0 Å². The topological polar surface area (TPSA) is 62.2 Å². The lowest BCUT2D eigenvalue weighted by atomic mass is 9.83. The van der Waals surface area contributed by atoms with Crippen LogP contribution in [0.1, 0.15) is 41.7 Å². The quantitative estimate of drug-likeness (QED) is 0.906. The van der Waals surface area contributed by atoms with Crippen LogP contribution in [0.2, 0.25) is 5.02 Å². The van der Waals surface area contributed by atoms with Crippen LogP contribution >= 0.6 is 11.6 Å². The van der Waals surface area contributed by atoms with Gasteiger partial charge < -0.3 is 10.4 Å². The second kappa shape index (κ2) is 6.64. The van der Waals surface area contributed by atoms with E-state index >= 15 is 0 Å². The van der Waals surface area contributed by atoms with Gasteiger partial charge in [-0.1, -0.05) is 23.7 Å². The SMILES string of the molecule is O=C(NCc1ccc(Cl)cc1F)[C@H]1CC[C@@H](O)c2ncccc21. The second-order valence-electron chi connectivity index (χ2n) is 5.58. The normalized spacial score (nSPS) is 20.0. The lowest BCUT2D eigenvalue weighted by Gasteiger charge is -2.27. The molecule has 1 aliphatic rings. The highest BCUT2D eigenvalue weighted by molar-refractivity contribution is 6.30. The molecule has 120 valence electrons. The van der Waals surface area contributed by atoms with Crippen LogP contribution in [0.4, 0.5) is 4.39 Å². The molecule has 23 heavy (non-hydrogen) atoms. The maximum absolute atomic E-state index is 13.8. The number of carbonyl (C=O) groups excluding carboxylic acids is 1. The predicted molar refractivity (Wildman–Crippen MR) is 84.4 cm³/mol. The molecule has 2 aromatic rings. The summed E-state index contributed by atoms with van der Waals surface area (Å²) < 4.78 is 13.8. The highest BCUT2D eigenvalue weighted by atomic mass is 35.5. The number of amides is 1. The number of nitrogens with zero attached hydrogens (tertiary/aromatic N) is 1. The van der Waals surface area contributed by atoms with Crippen molar-refractivity contribution in [3.05, 3.63) is 64.2 Å². The van der Waals surface area contributed by atoms with Crippen molar-refractivity contribution in [1.29, 1.82) is 0 Å². The summed E-state index contributed by atoms with van der Waals surface area (Å²) in [6.07, 6.45) is 1.99. The summed E-state index contributed by atoms with van der Waals surface area (Å²) in [6.45, 7) is 0.0937. The fourth-order valence-corrected chi connectivity index (χ4v) is 3.02. The van der Waals surface area contributed by atoms with Crippen molar-refractivity contribution in [1.82, 2.24) is 10.3 Å². The van der Waals surface area contributed by atoms with Crippen molar-refractivity contribution in [3.8, 4) is 0 Å². The molecule has 0 saturated carbocycles. The molecule has 1 heterocycles. The van der Waals surface area contributed by atoms with Gasteiger partial charge in [-0.15, -0.1) is 0 Å². The Hall–Kier alpha value is -1.98. The minimum Gasteiger partial charge on any atom is -0.387 e. The molecule has 1 amide bonds. The average Bonchev–Trinajstić information content (AvgIpc) is 2.54. The maximum atomic E-state index is 13.8. The third-order valence-corrected chi connectivity index (χ3v) is 4.31. The summed E-state index contributed by atoms with van der Waals surface area (Å²) in [5.74, 6) is -1.02. The van der Waals surface area contributed by atoms with Gasteiger partial charge in [-0.25, -0.2) is 4.39 Å². The molecule has 4 nitrogen and oxygen atoms in total. The zero-order valence-electron chi connectivity index (χ0n) is 12.3. The summed E-state index contributed by atoms with van der Waals surface area (Å²) in [7, 11) is 0. The van der Waals surface area contributed by atoms with E-state index in [1.54, 1.807) is 30.5 Å². The van der Waals surface area contributed by atoms with Crippen LogP contribution in [0.25, 0.3) is 0 Å². The number of rotatable bonds is 3. The molecule has 2 N–H and O–H groups in total. The number of pyridine rings is 1. The van der Waals surface area contributed by atoms with Crippen molar-refractivity contribution >= 4 is 17.5 Å². The summed E-state index contributed by atoms with van der Waals surface area (Å²) >= 11 is 5.71. The summed E-state index contributed by atoms with van der Waals surface area (Å²) in [5, 5.41) is 13.0. The highest BCUT2D eigenvalue weighted by Crippen LogP contribution is 2.36. The first-order valence-corrected chi connectivity index (χ1v) is 7.78. The molecule has 3 rings (SSSR count). The average molecular weight is 335 g/mol. The van der Waals surface area contributed by atoms with Crippen LogP contribution in [0.3, 0.4) is 0 Å². The Balaban J connectivity index is 1.73. The Morgan fingerprint density at radius 2 is 2.22 bits per heavy atom. The Morgan fingerprint density at radius 3 is 3.00 bits per heavy atom. The highest BCUT2D eigenvalue weighted by Gasteiger charge is 2.31.